The van der Waals surface area contributed by atoms with Crippen molar-refractivity contribution in [2.75, 3.05) is 11.1 Å². The van der Waals surface area contributed by atoms with E-state index in [2.05, 4.69) is 65.5 Å². The van der Waals surface area contributed by atoms with Gasteiger partial charge in [-0.1, -0.05) is 58.9 Å². The standard InChI is InChI=1S/C23H22N4S.2ClH/c1-15-10-16(2)12-19(11-15)21-22(28-23(24)27-21)18-8-9-25-20(13-18)26-14-17-6-4-3-5-7-17;;/h3-13H,14H2,1-2H3,(H2,24,27)(H,25,26);2*1H. The van der Waals surface area contributed by atoms with Crippen LogP contribution in [0.3, 0.4) is 0 Å². The van der Waals surface area contributed by atoms with Gasteiger partial charge in [-0.2, -0.15) is 0 Å². The third-order valence-corrected chi connectivity index (χ3v) is 5.41. The monoisotopic (exact) mass is 458 g/mol. The summed E-state index contributed by atoms with van der Waals surface area (Å²) >= 11 is 1.51. The van der Waals surface area contributed by atoms with Crippen LogP contribution in [-0.2, 0) is 6.54 Å². The fourth-order valence-electron chi connectivity index (χ4n) is 3.30. The van der Waals surface area contributed by atoms with Crippen LogP contribution >= 0.6 is 36.2 Å². The molecule has 0 radical (unpaired) electrons. The maximum Gasteiger partial charge on any atom is 0.181 e. The molecule has 0 atom stereocenters. The highest BCUT2D eigenvalue weighted by Gasteiger charge is 2.15. The van der Waals surface area contributed by atoms with Crippen LogP contribution in [-0.4, -0.2) is 9.97 Å². The van der Waals surface area contributed by atoms with E-state index in [0.717, 1.165) is 34.1 Å². The summed E-state index contributed by atoms with van der Waals surface area (Å²) in [6.07, 6.45) is 1.82. The number of aryl methyl sites for hydroxylation is 2. The smallest absolute Gasteiger partial charge is 0.181 e. The highest BCUT2D eigenvalue weighted by atomic mass is 35.5. The molecule has 4 rings (SSSR count). The lowest BCUT2D eigenvalue weighted by molar-refractivity contribution is 1.11. The molecule has 0 aliphatic rings. The van der Waals surface area contributed by atoms with Gasteiger partial charge in [-0.15, -0.1) is 24.8 Å². The molecule has 2 heterocycles. The minimum absolute atomic E-state index is 0. The Bertz CT molecular complexity index is 1090. The number of halogens is 2. The lowest BCUT2D eigenvalue weighted by Crippen LogP contribution is -2.01. The zero-order valence-corrected chi connectivity index (χ0v) is 19.2. The number of aromatic nitrogens is 2. The van der Waals surface area contributed by atoms with E-state index in [1.165, 1.54) is 28.0 Å². The van der Waals surface area contributed by atoms with Gasteiger partial charge in [-0.25, -0.2) is 9.97 Å². The summed E-state index contributed by atoms with van der Waals surface area (Å²) in [5.74, 6) is 0.833. The maximum atomic E-state index is 6.08. The number of thiazole rings is 1. The van der Waals surface area contributed by atoms with Crippen molar-refractivity contribution in [2.24, 2.45) is 0 Å². The second kappa shape index (κ2) is 10.4. The molecular weight excluding hydrogens is 435 g/mol. The van der Waals surface area contributed by atoms with Crippen molar-refractivity contribution in [2.45, 2.75) is 20.4 Å². The molecule has 2 aromatic carbocycles. The number of nitrogens with two attached hydrogens (primary N) is 1. The van der Waals surface area contributed by atoms with Gasteiger partial charge in [0.2, 0.25) is 0 Å². The van der Waals surface area contributed by atoms with Crippen molar-refractivity contribution in [3.8, 4) is 21.7 Å². The van der Waals surface area contributed by atoms with Gasteiger partial charge in [-0.05, 0) is 49.2 Å². The molecule has 3 N–H and O–H groups in total. The second-order valence-electron chi connectivity index (χ2n) is 6.88. The first-order chi connectivity index (χ1) is 13.6. The zero-order chi connectivity index (χ0) is 19.5. The van der Waals surface area contributed by atoms with E-state index in [1.54, 1.807) is 0 Å². The minimum atomic E-state index is 0. The van der Waals surface area contributed by atoms with E-state index in [1.807, 2.05) is 30.5 Å². The molecule has 156 valence electrons. The van der Waals surface area contributed by atoms with Gasteiger partial charge >= 0.3 is 0 Å². The van der Waals surface area contributed by atoms with Crippen molar-refractivity contribution in [3.63, 3.8) is 0 Å². The molecule has 4 aromatic rings. The van der Waals surface area contributed by atoms with Crippen LogP contribution in [0.5, 0.6) is 0 Å². The van der Waals surface area contributed by atoms with Crippen LogP contribution < -0.4 is 11.1 Å². The molecule has 0 aliphatic heterocycles. The number of hydrogen-bond donors (Lipinski definition) is 2. The lowest BCUT2D eigenvalue weighted by Gasteiger charge is -2.09. The first kappa shape index (κ1) is 23.7. The molecule has 0 fully saturated rings. The molecule has 0 spiro atoms. The Kier molecular flexibility index (Phi) is 8.24. The van der Waals surface area contributed by atoms with E-state index >= 15 is 0 Å². The van der Waals surface area contributed by atoms with Crippen molar-refractivity contribution in [1.29, 1.82) is 0 Å². The summed E-state index contributed by atoms with van der Waals surface area (Å²) in [5.41, 5.74) is 12.8. The molecule has 7 heteroatoms. The van der Waals surface area contributed by atoms with Gasteiger partial charge in [0.15, 0.2) is 5.13 Å². The zero-order valence-electron chi connectivity index (χ0n) is 16.8. The third-order valence-electron chi connectivity index (χ3n) is 4.48. The first-order valence-corrected chi connectivity index (χ1v) is 9.99. The summed E-state index contributed by atoms with van der Waals surface area (Å²) in [4.78, 5) is 10.1. The summed E-state index contributed by atoms with van der Waals surface area (Å²) in [5, 5.41) is 3.97. The SMILES string of the molecule is Cc1cc(C)cc(-c2nc(N)sc2-c2ccnc(NCc3ccccc3)c2)c1.Cl.Cl. The highest BCUT2D eigenvalue weighted by Crippen LogP contribution is 2.39. The summed E-state index contributed by atoms with van der Waals surface area (Å²) in [7, 11) is 0. The topological polar surface area (TPSA) is 63.8 Å². The van der Waals surface area contributed by atoms with E-state index in [0.29, 0.717) is 5.13 Å². The Morgan fingerprint density at radius 2 is 1.60 bits per heavy atom. The largest absolute Gasteiger partial charge is 0.375 e. The molecular formula is C23H24Cl2N4S. The molecule has 0 unspecified atom stereocenters. The number of nitrogens with one attached hydrogen (secondary N) is 1. The van der Waals surface area contributed by atoms with Crippen molar-refractivity contribution in [3.05, 3.63) is 83.6 Å². The number of pyridine rings is 1. The van der Waals surface area contributed by atoms with Crippen molar-refractivity contribution in [1.82, 2.24) is 9.97 Å². The Balaban J connectivity index is 0.00000160. The van der Waals surface area contributed by atoms with Crippen LogP contribution in [0.4, 0.5) is 10.9 Å². The minimum Gasteiger partial charge on any atom is -0.375 e. The van der Waals surface area contributed by atoms with Gasteiger partial charge in [0, 0.05) is 18.3 Å². The van der Waals surface area contributed by atoms with Crippen molar-refractivity contribution >= 4 is 47.1 Å². The van der Waals surface area contributed by atoms with Gasteiger partial charge < -0.3 is 11.1 Å². The van der Waals surface area contributed by atoms with E-state index in [-0.39, 0.29) is 24.8 Å². The molecule has 0 aliphatic carbocycles. The van der Waals surface area contributed by atoms with Gasteiger partial charge in [0.25, 0.3) is 0 Å². The normalized spacial score (nSPS) is 10.1. The predicted molar refractivity (Wildman–Crippen MR) is 133 cm³/mol. The fraction of sp³-hybridized carbons (Fsp3) is 0.130. The Morgan fingerprint density at radius 3 is 2.30 bits per heavy atom. The maximum absolute atomic E-state index is 6.08. The van der Waals surface area contributed by atoms with Crippen LogP contribution in [0, 0.1) is 13.8 Å². The van der Waals surface area contributed by atoms with Crippen LogP contribution in [0.25, 0.3) is 21.7 Å². The van der Waals surface area contributed by atoms with E-state index in [4.69, 9.17) is 5.73 Å². The number of benzene rings is 2. The quantitative estimate of drug-likeness (QED) is 0.356. The van der Waals surface area contributed by atoms with E-state index in [9.17, 15) is 0 Å². The molecule has 30 heavy (non-hydrogen) atoms. The van der Waals surface area contributed by atoms with Gasteiger partial charge in [-0.3, -0.25) is 0 Å². The predicted octanol–water partition coefficient (Wildman–Crippen LogP) is 6.53. The summed E-state index contributed by atoms with van der Waals surface area (Å²) in [6.45, 7) is 4.93. The van der Waals surface area contributed by atoms with Crippen LogP contribution in [0.1, 0.15) is 16.7 Å². The molecule has 0 saturated carbocycles. The number of hydrogen-bond acceptors (Lipinski definition) is 5. The van der Waals surface area contributed by atoms with Gasteiger partial charge in [0.1, 0.15) is 5.82 Å². The molecule has 0 amide bonds. The first-order valence-electron chi connectivity index (χ1n) is 9.18. The fourth-order valence-corrected chi connectivity index (χ4v) is 4.15. The van der Waals surface area contributed by atoms with Crippen LogP contribution in [0.2, 0.25) is 0 Å². The third kappa shape index (κ3) is 5.51. The Morgan fingerprint density at radius 1 is 0.900 bits per heavy atom. The Hall–Kier alpha value is -2.60. The summed E-state index contributed by atoms with van der Waals surface area (Å²) in [6, 6.07) is 20.8. The molecule has 2 aromatic heterocycles. The average molecular weight is 459 g/mol. The van der Waals surface area contributed by atoms with Crippen molar-refractivity contribution < 1.29 is 0 Å². The number of rotatable bonds is 5. The highest BCUT2D eigenvalue weighted by molar-refractivity contribution is 7.19. The number of nitrogen functional groups attached to an aromatic ring is 1. The van der Waals surface area contributed by atoms with E-state index < -0.39 is 0 Å². The molecule has 4 nitrogen and oxygen atoms in total. The molecule has 0 saturated heterocycles. The average Bonchev–Trinajstić information content (AvgIpc) is 3.09. The number of nitrogens with zero attached hydrogens (tertiary/aromatic N) is 2. The Labute approximate surface area is 193 Å². The van der Waals surface area contributed by atoms with Gasteiger partial charge in [0.05, 0.1) is 10.6 Å². The van der Waals surface area contributed by atoms with Crippen LogP contribution in [0.15, 0.2) is 66.9 Å². The second-order valence-corrected chi connectivity index (χ2v) is 7.91. The molecule has 0 bridgehead atoms. The lowest BCUT2D eigenvalue weighted by atomic mass is 10.0. The number of anilines is 2. The summed E-state index contributed by atoms with van der Waals surface area (Å²) < 4.78 is 0.